The summed E-state index contributed by atoms with van der Waals surface area (Å²) in [6.07, 6.45) is 4.17. The molecule has 6 rings (SSSR count). The zero-order valence-corrected chi connectivity index (χ0v) is 16.4. The van der Waals surface area contributed by atoms with Crippen molar-refractivity contribution in [3.05, 3.63) is 85.2 Å². The number of aryl methyl sites for hydroxylation is 1. The molecule has 0 aliphatic carbocycles. The first-order valence-corrected chi connectivity index (χ1v) is 9.86. The Kier molecular flexibility index (Phi) is 3.68. The Bertz CT molecular complexity index is 1370. The summed E-state index contributed by atoms with van der Waals surface area (Å²) in [5, 5.41) is 0. The van der Waals surface area contributed by atoms with E-state index in [4.69, 9.17) is 14.5 Å². The van der Waals surface area contributed by atoms with Crippen molar-refractivity contribution in [3.8, 4) is 45.1 Å². The molecule has 5 heteroatoms. The first kappa shape index (κ1) is 16.9. The van der Waals surface area contributed by atoms with Crippen LogP contribution in [0.3, 0.4) is 0 Å². The van der Waals surface area contributed by atoms with Gasteiger partial charge in [-0.1, -0.05) is 54.6 Å². The highest BCUT2D eigenvalue weighted by molar-refractivity contribution is 5.71. The maximum Gasteiger partial charge on any atom is 0.231 e. The Morgan fingerprint density at radius 3 is 2.23 bits per heavy atom. The summed E-state index contributed by atoms with van der Waals surface area (Å²) in [5.41, 5.74) is 6.61. The average Bonchev–Trinajstić information content (AvgIpc) is 3.50. The van der Waals surface area contributed by atoms with E-state index in [-0.39, 0.29) is 6.79 Å². The Hall–Kier alpha value is -3.99. The van der Waals surface area contributed by atoms with E-state index < -0.39 is 0 Å². The highest BCUT2D eigenvalue weighted by Gasteiger charge is 2.17. The number of hydrogen-bond acceptors (Lipinski definition) is 3. The molecule has 3 aromatic carbocycles. The fourth-order valence-electron chi connectivity index (χ4n) is 3.98. The van der Waals surface area contributed by atoms with E-state index in [0.29, 0.717) is 0 Å². The third kappa shape index (κ3) is 2.67. The van der Waals surface area contributed by atoms with Gasteiger partial charge in [0.05, 0.1) is 11.4 Å². The standard InChI is InChI=1S/C25H19N3O2/c1-27-22(20-11-12-23-24(13-20)30-16-29-23)15-28-14-21(26-25(27)28)19-9-7-18(8-10-19)17-5-3-2-4-6-17/h2-15H,16H2,1H3. The Morgan fingerprint density at radius 1 is 0.733 bits per heavy atom. The van der Waals surface area contributed by atoms with Gasteiger partial charge in [0, 0.05) is 30.6 Å². The van der Waals surface area contributed by atoms with E-state index in [9.17, 15) is 0 Å². The normalized spacial score (nSPS) is 12.6. The molecule has 5 aromatic rings. The van der Waals surface area contributed by atoms with Crippen molar-refractivity contribution in [1.29, 1.82) is 0 Å². The molecule has 0 amide bonds. The summed E-state index contributed by atoms with van der Waals surface area (Å²) in [4.78, 5) is 4.87. The van der Waals surface area contributed by atoms with Crippen molar-refractivity contribution >= 4 is 5.78 Å². The van der Waals surface area contributed by atoms with Gasteiger partial charge in [-0.3, -0.25) is 4.40 Å². The second-order valence-corrected chi connectivity index (χ2v) is 7.42. The zero-order chi connectivity index (χ0) is 20.1. The minimum Gasteiger partial charge on any atom is -0.454 e. The molecule has 0 fully saturated rings. The average molecular weight is 393 g/mol. The van der Waals surface area contributed by atoms with Crippen LogP contribution >= 0.6 is 0 Å². The summed E-state index contributed by atoms with van der Waals surface area (Å²) in [7, 11) is 2.03. The molecule has 146 valence electrons. The predicted molar refractivity (Wildman–Crippen MR) is 117 cm³/mol. The smallest absolute Gasteiger partial charge is 0.231 e. The number of ether oxygens (including phenoxy) is 2. The van der Waals surface area contributed by atoms with Crippen LogP contribution in [0.15, 0.2) is 85.2 Å². The molecular formula is C25H19N3O2. The molecule has 30 heavy (non-hydrogen) atoms. The van der Waals surface area contributed by atoms with Crippen molar-refractivity contribution in [2.75, 3.05) is 6.79 Å². The van der Waals surface area contributed by atoms with Crippen molar-refractivity contribution in [1.82, 2.24) is 14.0 Å². The van der Waals surface area contributed by atoms with Gasteiger partial charge in [-0.05, 0) is 29.3 Å². The van der Waals surface area contributed by atoms with Crippen LogP contribution in [-0.2, 0) is 7.05 Å². The van der Waals surface area contributed by atoms with Crippen molar-refractivity contribution in [2.45, 2.75) is 0 Å². The summed E-state index contributed by atoms with van der Waals surface area (Å²) in [6, 6.07) is 25.0. The molecule has 0 saturated carbocycles. The second kappa shape index (κ2) is 6.52. The van der Waals surface area contributed by atoms with Crippen LogP contribution < -0.4 is 9.47 Å². The van der Waals surface area contributed by atoms with E-state index in [1.165, 1.54) is 11.1 Å². The fraction of sp³-hybridized carbons (Fsp3) is 0.0800. The maximum absolute atomic E-state index is 5.52. The van der Waals surface area contributed by atoms with Gasteiger partial charge < -0.3 is 14.0 Å². The quantitative estimate of drug-likeness (QED) is 0.412. The van der Waals surface area contributed by atoms with Gasteiger partial charge in [0.15, 0.2) is 11.5 Å². The summed E-state index contributed by atoms with van der Waals surface area (Å²) < 4.78 is 15.1. The van der Waals surface area contributed by atoms with Crippen LogP contribution in [0, 0.1) is 0 Å². The molecule has 1 aliphatic heterocycles. The highest BCUT2D eigenvalue weighted by atomic mass is 16.7. The summed E-state index contributed by atoms with van der Waals surface area (Å²) in [5.74, 6) is 2.47. The van der Waals surface area contributed by atoms with Gasteiger partial charge in [-0.2, -0.15) is 0 Å². The molecule has 0 radical (unpaired) electrons. The van der Waals surface area contributed by atoms with E-state index in [0.717, 1.165) is 39.8 Å². The predicted octanol–water partition coefficient (Wildman–Crippen LogP) is 5.40. The third-order valence-electron chi connectivity index (χ3n) is 5.59. The number of aromatic nitrogens is 3. The molecule has 0 N–H and O–H groups in total. The molecule has 1 aliphatic rings. The summed E-state index contributed by atoms with van der Waals surface area (Å²) in [6.45, 7) is 0.279. The lowest BCUT2D eigenvalue weighted by molar-refractivity contribution is 0.174. The van der Waals surface area contributed by atoms with Crippen LogP contribution in [0.1, 0.15) is 0 Å². The van der Waals surface area contributed by atoms with Crippen LogP contribution in [0.2, 0.25) is 0 Å². The largest absolute Gasteiger partial charge is 0.454 e. The SMILES string of the molecule is Cn1c(-c2ccc3c(c2)OCO3)cn2cc(-c3ccc(-c4ccccc4)cc3)nc12. The van der Waals surface area contributed by atoms with E-state index in [1.54, 1.807) is 0 Å². The molecule has 2 aromatic heterocycles. The number of rotatable bonds is 3. The van der Waals surface area contributed by atoms with Crippen LogP contribution in [0.25, 0.3) is 39.4 Å². The van der Waals surface area contributed by atoms with Gasteiger partial charge in [-0.15, -0.1) is 0 Å². The van der Waals surface area contributed by atoms with Crippen LogP contribution in [-0.4, -0.2) is 20.7 Å². The highest BCUT2D eigenvalue weighted by Crippen LogP contribution is 2.36. The minimum absolute atomic E-state index is 0.279. The van der Waals surface area contributed by atoms with Crippen LogP contribution in [0.5, 0.6) is 11.5 Å². The Balaban J connectivity index is 1.35. The zero-order valence-electron chi connectivity index (χ0n) is 16.4. The maximum atomic E-state index is 5.52. The van der Waals surface area contributed by atoms with E-state index in [1.807, 2.05) is 31.3 Å². The molecule has 0 bridgehead atoms. The van der Waals surface area contributed by atoms with Gasteiger partial charge in [0.1, 0.15) is 0 Å². The van der Waals surface area contributed by atoms with E-state index >= 15 is 0 Å². The lowest BCUT2D eigenvalue weighted by Gasteiger charge is -2.05. The number of benzene rings is 3. The fourth-order valence-corrected chi connectivity index (χ4v) is 3.98. The number of hydrogen-bond donors (Lipinski definition) is 0. The number of fused-ring (bicyclic) bond motifs is 2. The van der Waals surface area contributed by atoms with Crippen molar-refractivity contribution < 1.29 is 9.47 Å². The molecule has 0 unspecified atom stereocenters. The van der Waals surface area contributed by atoms with Gasteiger partial charge in [0.25, 0.3) is 0 Å². The first-order chi connectivity index (χ1) is 14.8. The van der Waals surface area contributed by atoms with Gasteiger partial charge in [0.2, 0.25) is 12.6 Å². The third-order valence-corrected chi connectivity index (χ3v) is 5.59. The Labute approximate surface area is 173 Å². The first-order valence-electron chi connectivity index (χ1n) is 9.86. The topological polar surface area (TPSA) is 40.7 Å². The monoisotopic (exact) mass is 393 g/mol. The second-order valence-electron chi connectivity index (χ2n) is 7.42. The minimum atomic E-state index is 0.279. The molecule has 0 spiro atoms. The molecule has 5 nitrogen and oxygen atoms in total. The van der Waals surface area contributed by atoms with Gasteiger partial charge >= 0.3 is 0 Å². The summed E-state index contributed by atoms with van der Waals surface area (Å²) >= 11 is 0. The molecule has 0 saturated heterocycles. The Morgan fingerprint density at radius 2 is 1.43 bits per heavy atom. The molecular weight excluding hydrogens is 374 g/mol. The van der Waals surface area contributed by atoms with Crippen molar-refractivity contribution in [2.24, 2.45) is 7.05 Å². The molecule has 3 heterocycles. The van der Waals surface area contributed by atoms with Gasteiger partial charge in [-0.25, -0.2) is 4.98 Å². The molecule has 0 atom stereocenters. The number of imidazole rings is 2. The van der Waals surface area contributed by atoms with E-state index in [2.05, 4.69) is 69.9 Å². The number of nitrogens with zero attached hydrogens (tertiary/aromatic N) is 3. The van der Waals surface area contributed by atoms with Crippen LogP contribution in [0.4, 0.5) is 0 Å². The lowest BCUT2D eigenvalue weighted by Crippen LogP contribution is -1.93. The lowest BCUT2D eigenvalue weighted by atomic mass is 10.0. The van der Waals surface area contributed by atoms with Crippen molar-refractivity contribution in [3.63, 3.8) is 0 Å².